The van der Waals surface area contributed by atoms with Gasteiger partial charge in [-0.3, -0.25) is 4.99 Å². The molecule has 5 rings (SSSR count). The van der Waals surface area contributed by atoms with Gasteiger partial charge in [-0.15, -0.1) is 5.10 Å². The standard InChI is InChI=1S/C28H32N9O2/c1-35-13-14-36(19-35)11-4-10-31-20-6-8-21(9-7-20)32-24-18-25(23(30)17-22(24)29)33-27-26-5-2-3-12-37(26)34-28(27)39-16-15-38/h2-3,5-9,12-14,17-19,33,38H,4,10-11,15-16,29-30H2,1H3/q+1. The van der Waals surface area contributed by atoms with Crippen molar-refractivity contribution in [3.8, 4) is 5.88 Å². The number of hydrogen-bond acceptors (Lipinski definition) is 8. The van der Waals surface area contributed by atoms with E-state index in [1.165, 1.54) is 0 Å². The molecule has 0 bridgehead atoms. The Morgan fingerprint density at radius 3 is 2.67 bits per heavy atom. The molecule has 0 fully saturated rings. The molecule has 0 atom stereocenters. The predicted octanol–water partition coefficient (Wildman–Crippen LogP) is 2.97. The normalized spacial score (nSPS) is 12.8. The van der Waals surface area contributed by atoms with Crippen LogP contribution in [0.25, 0.3) is 5.52 Å². The number of aliphatic hydroxyl groups excluding tert-OH is 1. The largest absolute Gasteiger partial charge is 0.473 e. The zero-order valence-electron chi connectivity index (χ0n) is 21.7. The van der Waals surface area contributed by atoms with Crippen LogP contribution in [0.3, 0.4) is 0 Å². The summed E-state index contributed by atoms with van der Waals surface area (Å²) in [4.78, 5) is 9.40. The highest BCUT2D eigenvalue weighted by atomic mass is 16.5. The van der Waals surface area contributed by atoms with Crippen molar-refractivity contribution in [1.29, 1.82) is 0 Å². The van der Waals surface area contributed by atoms with Crippen LogP contribution in [0.1, 0.15) is 6.42 Å². The second-order valence-corrected chi connectivity index (χ2v) is 9.09. The average molecular weight is 527 g/mol. The average Bonchev–Trinajstić information content (AvgIpc) is 3.51. The number of aryl methyl sites for hydroxylation is 2. The zero-order valence-corrected chi connectivity index (χ0v) is 21.7. The van der Waals surface area contributed by atoms with Crippen molar-refractivity contribution < 1.29 is 14.4 Å². The smallest absolute Gasteiger partial charge is 0.258 e. The molecule has 4 aromatic rings. The molecule has 11 nitrogen and oxygen atoms in total. The van der Waals surface area contributed by atoms with Gasteiger partial charge < -0.3 is 26.6 Å². The van der Waals surface area contributed by atoms with Crippen LogP contribution in [0.4, 0.5) is 28.4 Å². The first-order chi connectivity index (χ1) is 19.0. The fraction of sp³-hybridized carbons (Fsp3) is 0.214. The Morgan fingerprint density at radius 1 is 1.08 bits per heavy atom. The van der Waals surface area contributed by atoms with Crippen molar-refractivity contribution in [1.82, 2.24) is 14.2 Å². The van der Waals surface area contributed by atoms with E-state index in [-0.39, 0.29) is 13.2 Å². The molecule has 0 spiro atoms. The van der Waals surface area contributed by atoms with E-state index in [0.717, 1.165) is 36.5 Å². The number of allylic oxidation sites excluding steroid dienone is 4. The van der Waals surface area contributed by atoms with Gasteiger partial charge in [0.1, 0.15) is 24.7 Å². The number of aromatic nitrogens is 4. The van der Waals surface area contributed by atoms with Crippen molar-refractivity contribution in [2.24, 2.45) is 17.0 Å². The monoisotopic (exact) mass is 526 g/mol. The topological polar surface area (TPSA) is 144 Å². The summed E-state index contributed by atoms with van der Waals surface area (Å²) in [5.74, 6) is 0.353. The number of hydrogen-bond donors (Lipinski definition) is 4. The summed E-state index contributed by atoms with van der Waals surface area (Å²) >= 11 is 0. The van der Waals surface area contributed by atoms with Gasteiger partial charge in [-0.2, -0.15) is 0 Å². The molecular formula is C28H32N9O2+. The van der Waals surface area contributed by atoms with E-state index in [1.54, 1.807) is 16.6 Å². The predicted molar refractivity (Wildman–Crippen MR) is 154 cm³/mol. The number of aliphatic hydroxyl groups is 1. The Labute approximate surface area is 226 Å². The third-order valence-corrected chi connectivity index (χ3v) is 6.09. The van der Waals surface area contributed by atoms with Crippen LogP contribution >= 0.6 is 0 Å². The van der Waals surface area contributed by atoms with E-state index >= 15 is 0 Å². The Morgan fingerprint density at radius 2 is 1.90 bits per heavy atom. The molecule has 0 radical (unpaired) electrons. The van der Waals surface area contributed by atoms with E-state index in [0.29, 0.717) is 34.3 Å². The lowest BCUT2D eigenvalue weighted by Crippen LogP contribution is -2.23. The van der Waals surface area contributed by atoms with Gasteiger partial charge >= 0.3 is 0 Å². The van der Waals surface area contributed by atoms with Crippen molar-refractivity contribution in [2.75, 3.05) is 36.5 Å². The Balaban J connectivity index is 1.31. The second kappa shape index (κ2) is 11.7. The number of fused-ring (bicyclic) bond motifs is 1. The number of anilines is 4. The van der Waals surface area contributed by atoms with E-state index in [4.69, 9.17) is 21.2 Å². The van der Waals surface area contributed by atoms with Gasteiger partial charge in [0, 0.05) is 19.2 Å². The highest BCUT2D eigenvalue weighted by Gasteiger charge is 2.16. The van der Waals surface area contributed by atoms with Gasteiger partial charge in [-0.1, -0.05) is 6.07 Å². The summed E-state index contributed by atoms with van der Waals surface area (Å²) in [7, 11) is 2.01. The minimum atomic E-state index is -0.126. The quantitative estimate of drug-likeness (QED) is 0.108. The molecule has 3 aromatic heterocycles. The summed E-state index contributed by atoms with van der Waals surface area (Å²) < 4.78 is 11.5. The van der Waals surface area contributed by atoms with Gasteiger partial charge in [0.25, 0.3) is 5.88 Å². The van der Waals surface area contributed by atoms with E-state index < -0.39 is 0 Å². The minimum Gasteiger partial charge on any atom is -0.473 e. The maximum atomic E-state index is 9.22. The van der Waals surface area contributed by atoms with Crippen LogP contribution in [0, 0.1) is 0 Å². The van der Waals surface area contributed by atoms with E-state index in [1.807, 2.05) is 66.5 Å². The number of nitrogen functional groups attached to an aromatic ring is 2. The summed E-state index contributed by atoms with van der Waals surface area (Å²) in [5.41, 5.74) is 17.7. The lowest BCUT2D eigenvalue weighted by Gasteiger charge is -2.13. The van der Waals surface area contributed by atoms with Crippen LogP contribution in [0.2, 0.25) is 0 Å². The zero-order chi connectivity index (χ0) is 27.2. The highest BCUT2D eigenvalue weighted by molar-refractivity contribution is 6.19. The third-order valence-electron chi connectivity index (χ3n) is 6.09. The molecule has 1 aromatic carbocycles. The molecule has 200 valence electrons. The molecule has 6 N–H and O–H groups in total. The lowest BCUT2D eigenvalue weighted by molar-refractivity contribution is -0.671. The Hall–Kier alpha value is -4.90. The van der Waals surface area contributed by atoms with Gasteiger partial charge in [0.2, 0.25) is 6.33 Å². The number of rotatable bonds is 10. The Kier molecular flexibility index (Phi) is 7.69. The van der Waals surface area contributed by atoms with Crippen molar-refractivity contribution in [3.63, 3.8) is 0 Å². The molecule has 39 heavy (non-hydrogen) atoms. The number of pyridine rings is 1. The molecular weight excluding hydrogens is 494 g/mol. The maximum Gasteiger partial charge on any atom is 0.258 e. The summed E-state index contributed by atoms with van der Waals surface area (Å²) in [6.45, 7) is 1.66. The van der Waals surface area contributed by atoms with Crippen LogP contribution in [0.5, 0.6) is 5.88 Å². The number of imidazole rings is 1. The van der Waals surface area contributed by atoms with Gasteiger partial charge in [-0.05, 0) is 48.6 Å². The van der Waals surface area contributed by atoms with Gasteiger partial charge in [-0.25, -0.2) is 18.6 Å². The number of aliphatic imine (C=N–C) groups is 2. The van der Waals surface area contributed by atoms with Crippen LogP contribution < -0.4 is 26.1 Å². The van der Waals surface area contributed by atoms with Crippen LogP contribution in [-0.2, 0) is 13.6 Å². The molecule has 0 unspecified atom stereocenters. The minimum absolute atomic E-state index is 0.116. The second-order valence-electron chi connectivity index (χ2n) is 9.09. The van der Waals surface area contributed by atoms with Crippen LogP contribution in [0.15, 0.2) is 89.5 Å². The first-order valence-electron chi connectivity index (χ1n) is 12.7. The fourth-order valence-corrected chi connectivity index (χ4v) is 4.17. The molecule has 0 saturated carbocycles. The third kappa shape index (κ3) is 6.16. The van der Waals surface area contributed by atoms with E-state index in [9.17, 15) is 5.11 Å². The van der Waals surface area contributed by atoms with Crippen molar-refractivity contribution >= 4 is 45.4 Å². The van der Waals surface area contributed by atoms with Gasteiger partial charge in [0.15, 0.2) is 0 Å². The molecule has 0 aliphatic heterocycles. The van der Waals surface area contributed by atoms with E-state index in [2.05, 4.69) is 32.5 Å². The number of benzene rings is 1. The molecule has 1 aliphatic rings. The molecule has 0 saturated heterocycles. The van der Waals surface area contributed by atoms with Crippen molar-refractivity contribution in [3.05, 3.63) is 79.6 Å². The number of nitrogens with one attached hydrogen (secondary N) is 1. The van der Waals surface area contributed by atoms with Gasteiger partial charge in [0.05, 0.1) is 59.9 Å². The fourth-order valence-electron chi connectivity index (χ4n) is 4.17. The summed E-state index contributed by atoms with van der Waals surface area (Å²) in [5, 5.41) is 17.0. The molecule has 3 heterocycles. The first-order valence-corrected chi connectivity index (χ1v) is 12.7. The summed E-state index contributed by atoms with van der Waals surface area (Å²) in [6, 6.07) is 9.16. The van der Waals surface area contributed by atoms with Crippen LogP contribution in [-0.4, -0.2) is 50.5 Å². The lowest BCUT2D eigenvalue weighted by atomic mass is 10.1. The molecule has 11 heteroatoms. The highest BCUT2D eigenvalue weighted by Crippen LogP contribution is 2.37. The Bertz CT molecular complexity index is 1580. The maximum absolute atomic E-state index is 9.22. The first kappa shape index (κ1) is 25.7. The number of ether oxygens (including phenoxy) is 1. The number of nitrogens with zero attached hydrogens (tertiary/aromatic N) is 6. The molecule has 0 amide bonds. The molecule has 1 aliphatic carbocycles. The SMILES string of the molecule is C[n+]1ccn(CCCN=C2C=CC(=Nc3cc(Nc4c(OCCO)nn5ccccc45)c(N)cc3N)C=C2)c1. The number of nitrogens with two attached hydrogens (primary N) is 2. The summed E-state index contributed by atoms with van der Waals surface area (Å²) in [6.07, 6.45) is 16.6. The van der Waals surface area contributed by atoms with Crippen molar-refractivity contribution in [2.45, 2.75) is 13.0 Å².